The average molecular weight is 524 g/mol. The summed E-state index contributed by atoms with van der Waals surface area (Å²) in [6, 6.07) is 13.7. The second kappa shape index (κ2) is 8.88. The Labute approximate surface area is 208 Å². The van der Waals surface area contributed by atoms with E-state index in [1.165, 1.54) is 53.0 Å². The van der Waals surface area contributed by atoms with Crippen LogP contribution in [0.2, 0.25) is 0 Å². The van der Waals surface area contributed by atoms with Gasteiger partial charge < -0.3 is 10.1 Å². The van der Waals surface area contributed by atoms with E-state index in [4.69, 9.17) is 4.74 Å². The molecule has 176 valence electrons. The molecule has 3 heterocycles. The Kier molecular flexibility index (Phi) is 5.87. The number of ketones is 1. The molecule has 0 atom stereocenters. The highest BCUT2D eigenvalue weighted by molar-refractivity contribution is 7.91. The zero-order valence-corrected chi connectivity index (χ0v) is 20.7. The minimum absolute atomic E-state index is 0.0172. The van der Waals surface area contributed by atoms with Gasteiger partial charge in [-0.15, -0.1) is 22.7 Å². The van der Waals surface area contributed by atoms with Gasteiger partial charge in [-0.2, -0.15) is 0 Å². The Morgan fingerprint density at radius 3 is 2.46 bits per heavy atom. The maximum atomic E-state index is 13.2. The fourth-order valence-electron chi connectivity index (χ4n) is 3.87. The topological polar surface area (TPSA) is 107 Å². The molecule has 10 heteroatoms. The minimum Gasteiger partial charge on any atom is -0.462 e. The fourth-order valence-corrected chi connectivity index (χ4v) is 7.31. The van der Waals surface area contributed by atoms with E-state index in [2.05, 4.69) is 5.32 Å². The molecule has 0 fully saturated rings. The van der Waals surface area contributed by atoms with Crippen molar-refractivity contribution in [1.82, 2.24) is 0 Å². The summed E-state index contributed by atoms with van der Waals surface area (Å²) in [5.74, 6) is -1.59. The first-order valence-electron chi connectivity index (χ1n) is 10.5. The van der Waals surface area contributed by atoms with Crippen molar-refractivity contribution in [3.8, 4) is 10.4 Å². The third-order valence-corrected chi connectivity index (χ3v) is 9.13. The van der Waals surface area contributed by atoms with Crippen molar-refractivity contribution in [2.45, 2.75) is 16.7 Å². The monoisotopic (exact) mass is 523 g/mol. The van der Waals surface area contributed by atoms with Gasteiger partial charge in [-0.3, -0.25) is 9.59 Å². The van der Waals surface area contributed by atoms with Gasteiger partial charge in [-0.25, -0.2) is 13.2 Å². The van der Waals surface area contributed by atoms with Crippen molar-refractivity contribution in [2.24, 2.45) is 0 Å². The number of sulfone groups is 1. The maximum Gasteiger partial charge on any atom is 0.341 e. The van der Waals surface area contributed by atoms with Crippen LogP contribution in [0, 0.1) is 0 Å². The zero-order valence-electron chi connectivity index (χ0n) is 18.2. The molecule has 2 aromatic heterocycles. The molecule has 5 rings (SSSR count). The number of amides is 1. The summed E-state index contributed by atoms with van der Waals surface area (Å²) in [7, 11) is -3.99. The van der Waals surface area contributed by atoms with Gasteiger partial charge in [-0.1, -0.05) is 18.2 Å². The molecular formula is C25H17NO6S3. The molecule has 2 aromatic carbocycles. The quantitative estimate of drug-likeness (QED) is 0.314. The second-order valence-electron chi connectivity index (χ2n) is 7.55. The normalized spacial score (nSPS) is 13.6. The molecule has 0 unspecified atom stereocenters. The van der Waals surface area contributed by atoms with Crippen molar-refractivity contribution in [1.29, 1.82) is 0 Å². The third-order valence-electron chi connectivity index (χ3n) is 5.48. The van der Waals surface area contributed by atoms with Crippen LogP contribution < -0.4 is 5.32 Å². The molecule has 1 N–H and O–H groups in total. The van der Waals surface area contributed by atoms with E-state index in [0.717, 1.165) is 4.88 Å². The summed E-state index contributed by atoms with van der Waals surface area (Å²) in [6.45, 7) is 1.87. The lowest BCUT2D eigenvalue weighted by atomic mass is 10.0. The number of nitrogens with one attached hydrogen (secondary N) is 1. The first-order valence-corrected chi connectivity index (χ1v) is 13.7. The highest BCUT2D eigenvalue weighted by Gasteiger charge is 2.35. The number of anilines is 1. The largest absolute Gasteiger partial charge is 0.462 e. The average Bonchev–Trinajstić information content (AvgIpc) is 3.53. The highest BCUT2D eigenvalue weighted by Crippen LogP contribution is 2.39. The summed E-state index contributed by atoms with van der Waals surface area (Å²) < 4.78 is 31.6. The second-order valence-corrected chi connectivity index (χ2v) is 11.3. The Morgan fingerprint density at radius 2 is 1.71 bits per heavy atom. The van der Waals surface area contributed by atoms with E-state index in [1.54, 1.807) is 24.4 Å². The number of ether oxygens (including phenoxy) is 1. The number of hydrogen-bond acceptors (Lipinski definition) is 8. The fraction of sp³-hybridized carbons (Fsp3) is 0.0800. The first-order chi connectivity index (χ1) is 16.8. The molecular weight excluding hydrogens is 506 g/mol. The van der Waals surface area contributed by atoms with Crippen molar-refractivity contribution >= 4 is 55.2 Å². The molecule has 0 spiro atoms. The van der Waals surface area contributed by atoms with Crippen molar-refractivity contribution < 1.29 is 27.5 Å². The number of rotatable bonds is 5. The third kappa shape index (κ3) is 3.89. The van der Waals surface area contributed by atoms with E-state index in [-0.39, 0.29) is 38.7 Å². The molecule has 0 bridgehead atoms. The summed E-state index contributed by atoms with van der Waals surface area (Å²) in [6.07, 6.45) is 0. The van der Waals surface area contributed by atoms with Crippen LogP contribution in [0.5, 0.6) is 0 Å². The summed E-state index contributed by atoms with van der Waals surface area (Å²) in [4.78, 5) is 39.2. The van der Waals surface area contributed by atoms with Crippen LogP contribution in [0.1, 0.15) is 43.6 Å². The zero-order chi connectivity index (χ0) is 24.7. The number of carbonyl (C=O) groups is 3. The lowest BCUT2D eigenvalue weighted by Crippen LogP contribution is -2.21. The molecule has 0 aliphatic carbocycles. The molecule has 7 nitrogen and oxygen atoms in total. The summed E-state index contributed by atoms with van der Waals surface area (Å²) in [5, 5.41) is 6.65. The van der Waals surface area contributed by atoms with E-state index >= 15 is 0 Å². The number of fused-ring (bicyclic) bond motifs is 2. The number of hydrogen-bond donors (Lipinski definition) is 1. The van der Waals surface area contributed by atoms with Crippen LogP contribution >= 0.6 is 22.7 Å². The van der Waals surface area contributed by atoms with Gasteiger partial charge in [0.15, 0.2) is 5.78 Å². The molecule has 4 aromatic rings. The number of thiophene rings is 2. The van der Waals surface area contributed by atoms with Crippen molar-refractivity contribution in [2.75, 3.05) is 11.9 Å². The predicted octanol–water partition coefficient (Wildman–Crippen LogP) is 5.28. The van der Waals surface area contributed by atoms with Crippen LogP contribution in [-0.2, 0) is 14.6 Å². The van der Waals surface area contributed by atoms with E-state index in [1.807, 2.05) is 17.5 Å². The lowest BCUT2D eigenvalue weighted by Gasteiger charge is -2.19. The van der Waals surface area contributed by atoms with Crippen molar-refractivity contribution in [3.05, 3.63) is 87.6 Å². The smallest absolute Gasteiger partial charge is 0.341 e. The molecule has 0 saturated heterocycles. The van der Waals surface area contributed by atoms with Crippen LogP contribution in [0.25, 0.3) is 10.4 Å². The van der Waals surface area contributed by atoms with Crippen molar-refractivity contribution in [3.63, 3.8) is 0 Å². The van der Waals surface area contributed by atoms with Crippen LogP contribution in [0.4, 0.5) is 5.00 Å². The standard InChI is InChI=1S/C25H17NO6S3/c1-2-32-25(29)21-17(18-7-5-11-33-18)13-34-24(21)26-23(28)14-9-10-16-20(12-14)35(30,31)19-8-4-3-6-15(19)22(16)27/h3-13H,2H2,1H3,(H,26,28). The van der Waals surface area contributed by atoms with E-state index in [0.29, 0.717) is 10.6 Å². The molecule has 1 aliphatic rings. The predicted molar refractivity (Wildman–Crippen MR) is 133 cm³/mol. The van der Waals surface area contributed by atoms with Gasteiger partial charge in [-0.05, 0) is 48.7 Å². The summed E-state index contributed by atoms with van der Waals surface area (Å²) in [5.41, 5.74) is 1.05. The molecule has 1 amide bonds. The number of carbonyl (C=O) groups excluding carboxylic acids is 3. The van der Waals surface area contributed by atoms with Crippen LogP contribution in [0.15, 0.2) is 75.1 Å². The van der Waals surface area contributed by atoms with Crippen LogP contribution in [-0.4, -0.2) is 32.7 Å². The minimum atomic E-state index is -3.99. The first kappa shape index (κ1) is 23.2. The Balaban J connectivity index is 1.52. The van der Waals surface area contributed by atoms with Gasteiger partial charge >= 0.3 is 5.97 Å². The Hall–Kier alpha value is -3.60. The SMILES string of the molecule is CCOC(=O)c1c(-c2cccs2)csc1NC(=O)c1ccc2c(c1)S(=O)(=O)c1ccccc1C2=O. The Morgan fingerprint density at radius 1 is 0.943 bits per heavy atom. The van der Waals surface area contributed by atoms with Gasteiger partial charge in [0, 0.05) is 32.5 Å². The van der Waals surface area contributed by atoms with E-state index < -0.39 is 27.5 Å². The molecule has 35 heavy (non-hydrogen) atoms. The van der Waals surface area contributed by atoms with Crippen LogP contribution in [0.3, 0.4) is 0 Å². The van der Waals surface area contributed by atoms with E-state index in [9.17, 15) is 22.8 Å². The molecule has 0 radical (unpaired) electrons. The molecule has 0 saturated carbocycles. The van der Waals surface area contributed by atoms with Gasteiger partial charge in [0.25, 0.3) is 5.91 Å². The van der Waals surface area contributed by atoms with Gasteiger partial charge in [0.1, 0.15) is 10.6 Å². The maximum absolute atomic E-state index is 13.2. The molecule has 1 aliphatic heterocycles. The van der Waals surface area contributed by atoms with Gasteiger partial charge in [0.05, 0.1) is 16.4 Å². The summed E-state index contributed by atoms with van der Waals surface area (Å²) >= 11 is 2.62. The number of esters is 1. The van der Waals surface area contributed by atoms with Gasteiger partial charge in [0.2, 0.25) is 9.84 Å². The lowest BCUT2D eigenvalue weighted by molar-refractivity contribution is 0.0529. The Bertz CT molecular complexity index is 1600. The highest BCUT2D eigenvalue weighted by atomic mass is 32.2. The number of benzene rings is 2.